The number of rotatable bonds is 5. The van der Waals surface area contributed by atoms with Crippen molar-refractivity contribution < 1.29 is 32.6 Å². The van der Waals surface area contributed by atoms with Crippen molar-refractivity contribution in [3.8, 4) is 11.8 Å². The fraction of sp³-hybridized carbons (Fsp3) is 0.485. The molecular weight excluding hydrogens is 602 g/mol. The smallest absolute Gasteiger partial charge is 0.375 e. The van der Waals surface area contributed by atoms with Gasteiger partial charge in [0.1, 0.15) is 5.67 Å². The Balaban J connectivity index is 1.26. The number of hydrogen-bond donors (Lipinski definition) is 1. The van der Waals surface area contributed by atoms with Crippen LogP contribution < -0.4 is 0 Å². The Kier molecular flexibility index (Phi) is 6.87. The SMILES string of the molecule is C[C@]12Cc3cnn(-c4ccc(F)nc4)c3C=C1CC[C@H]1[C@@H]3CC[C@](OC(=O)c4ccco4)(C(=O)SCC#N)[C@@]3(C)C[C@H](O)[C@@]12F. The number of carbonyl (C=O) groups is 2. The number of allylic oxidation sites excluding steroid dienone is 1. The molecule has 0 saturated heterocycles. The molecule has 0 radical (unpaired) electrons. The molecule has 1 N–H and O–H groups in total. The third-order valence-electron chi connectivity index (χ3n) is 11.2. The maximum atomic E-state index is 18.1. The summed E-state index contributed by atoms with van der Waals surface area (Å²) in [5.74, 6) is -2.61. The average Bonchev–Trinajstić information content (AvgIpc) is 3.75. The van der Waals surface area contributed by atoms with Gasteiger partial charge in [-0.15, -0.1) is 0 Å². The number of esters is 1. The number of thioether (sulfide) groups is 1. The van der Waals surface area contributed by atoms with Gasteiger partial charge in [0.15, 0.2) is 5.60 Å². The van der Waals surface area contributed by atoms with Gasteiger partial charge in [-0.05, 0) is 80.3 Å². The lowest BCUT2D eigenvalue weighted by atomic mass is 9.44. The van der Waals surface area contributed by atoms with Crippen LogP contribution >= 0.6 is 11.8 Å². The summed E-state index contributed by atoms with van der Waals surface area (Å²) in [6.45, 7) is 3.69. The number of aliphatic hydroxyl groups is 1. The van der Waals surface area contributed by atoms with Crippen molar-refractivity contribution in [1.82, 2.24) is 14.8 Å². The highest BCUT2D eigenvalue weighted by atomic mass is 32.2. The zero-order chi connectivity index (χ0) is 31.8. The standard InChI is InChI=1S/C33H32F2N4O5S/c1-30-15-19-17-38-39(21-6-8-27(34)37-18-21)24(19)14-20(30)5-7-23-22-9-10-32(29(42)45-13-11-36,44-28(41)25-4-3-12-43-25)31(22,2)16-26(40)33(23,30)35/h3-4,6,8,12,14,17-18,22-23,26,40H,5,7,9-10,13,15-16H2,1-2H3/t22-,23-,26-,30-,31-,32-,33-/m0/s1. The number of furan rings is 1. The van der Waals surface area contributed by atoms with E-state index < -0.39 is 51.2 Å². The van der Waals surface area contributed by atoms with Crippen molar-refractivity contribution in [3.63, 3.8) is 0 Å². The number of nitrogens with zero attached hydrogens (tertiary/aromatic N) is 4. The van der Waals surface area contributed by atoms with Gasteiger partial charge in [0, 0.05) is 16.7 Å². The van der Waals surface area contributed by atoms with E-state index in [-0.39, 0.29) is 30.3 Å². The maximum Gasteiger partial charge on any atom is 0.375 e. The Hall–Kier alpha value is -3.82. The molecule has 45 heavy (non-hydrogen) atoms. The maximum absolute atomic E-state index is 18.1. The number of pyridine rings is 1. The van der Waals surface area contributed by atoms with Crippen LogP contribution in [0.25, 0.3) is 11.8 Å². The first-order chi connectivity index (χ1) is 21.5. The Morgan fingerprint density at radius 1 is 1.24 bits per heavy atom. The van der Waals surface area contributed by atoms with Gasteiger partial charge in [0.05, 0.1) is 48.0 Å². The molecule has 7 rings (SSSR count). The molecule has 0 spiro atoms. The zero-order valence-corrected chi connectivity index (χ0v) is 25.7. The summed E-state index contributed by atoms with van der Waals surface area (Å²) < 4.78 is 44.6. The molecule has 7 atom stereocenters. The zero-order valence-electron chi connectivity index (χ0n) is 24.8. The Labute approximate surface area is 262 Å². The van der Waals surface area contributed by atoms with E-state index in [4.69, 9.17) is 9.15 Å². The fourth-order valence-electron chi connectivity index (χ4n) is 9.10. The summed E-state index contributed by atoms with van der Waals surface area (Å²) in [5, 5.41) is 25.2. The van der Waals surface area contributed by atoms with E-state index in [9.17, 15) is 24.3 Å². The van der Waals surface area contributed by atoms with Gasteiger partial charge in [-0.1, -0.05) is 31.2 Å². The molecule has 3 fully saturated rings. The molecule has 0 aliphatic heterocycles. The molecule has 0 amide bonds. The Morgan fingerprint density at radius 2 is 2.07 bits per heavy atom. The van der Waals surface area contributed by atoms with Crippen molar-refractivity contribution in [3.05, 3.63) is 71.5 Å². The van der Waals surface area contributed by atoms with E-state index in [1.165, 1.54) is 24.6 Å². The van der Waals surface area contributed by atoms with Crippen LogP contribution in [-0.4, -0.2) is 54.1 Å². The summed E-state index contributed by atoms with van der Waals surface area (Å²) in [4.78, 5) is 30.9. The number of aliphatic hydroxyl groups excluding tert-OH is 1. The number of hydrogen-bond acceptors (Lipinski definition) is 9. The normalized spacial score (nSPS) is 34.8. The van der Waals surface area contributed by atoms with Crippen molar-refractivity contribution in [1.29, 1.82) is 5.26 Å². The number of aromatic nitrogens is 3. The molecule has 12 heteroatoms. The topological polar surface area (TPSA) is 131 Å². The summed E-state index contributed by atoms with van der Waals surface area (Å²) in [6.07, 6.45) is 6.64. The van der Waals surface area contributed by atoms with E-state index in [1.807, 2.05) is 26.0 Å². The van der Waals surface area contributed by atoms with E-state index in [0.717, 1.165) is 28.6 Å². The molecule has 9 nitrogen and oxygen atoms in total. The van der Waals surface area contributed by atoms with Crippen LogP contribution in [0.4, 0.5) is 8.78 Å². The van der Waals surface area contributed by atoms with Gasteiger partial charge in [0.25, 0.3) is 0 Å². The van der Waals surface area contributed by atoms with Crippen molar-refractivity contribution in [2.45, 2.75) is 69.7 Å². The molecule has 3 aromatic heterocycles. The minimum atomic E-state index is -2.04. The second-order valence-corrected chi connectivity index (χ2v) is 14.1. The second kappa shape index (κ2) is 10.4. The molecule has 0 aromatic carbocycles. The van der Waals surface area contributed by atoms with Gasteiger partial charge in [0.2, 0.25) is 16.8 Å². The summed E-state index contributed by atoms with van der Waals surface area (Å²) in [5.41, 5.74) is -2.84. The van der Waals surface area contributed by atoms with E-state index in [1.54, 1.807) is 23.0 Å². The largest absolute Gasteiger partial charge is 0.457 e. The van der Waals surface area contributed by atoms with E-state index in [0.29, 0.717) is 31.4 Å². The minimum absolute atomic E-state index is 0.0642. The van der Waals surface area contributed by atoms with Gasteiger partial charge in [-0.3, -0.25) is 4.79 Å². The number of ether oxygens (including phenoxy) is 1. The Bertz CT molecular complexity index is 1750. The predicted octanol–water partition coefficient (Wildman–Crippen LogP) is 5.62. The average molecular weight is 635 g/mol. The van der Waals surface area contributed by atoms with Crippen molar-refractivity contribution >= 4 is 28.9 Å². The fourth-order valence-corrected chi connectivity index (χ4v) is 9.91. The molecule has 4 aliphatic rings. The number of fused-ring (bicyclic) bond motifs is 6. The summed E-state index contributed by atoms with van der Waals surface area (Å²) in [7, 11) is 0. The van der Waals surface area contributed by atoms with E-state index >= 15 is 4.39 Å². The van der Waals surface area contributed by atoms with Crippen LogP contribution in [0.3, 0.4) is 0 Å². The van der Waals surface area contributed by atoms with Crippen LogP contribution in [-0.2, 0) is 16.0 Å². The van der Waals surface area contributed by atoms with Gasteiger partial charge in [-0.25, -0.2) is 18.9 Å². The predicted molar refractivity (Wildman–Crippen MR) is 159 cm³/mol. The van der Waals surface area contributed by atoms with Crippen LogP contribution in [0.5, 0.6) is 0 Å². The summed E-state index contributed by atoms with van der Waals surface area (Å²) in [6, 6.07) is 7.80. The molecule has 3 heterocycles. The lowest BCUT2D eigenvalue weighted by Gasteiger charge is -2.63. The highest BCUT2D eigenvalue weighted by Gasteiger charge is 2.76. The Morgan fingerprint density at radius 3 is 2.78 bits per heavy atom. The van der Waals surface area contributed by atoms with Crippen LogP contribution in [0.2, 0.25) is 0 Å². The monoisotopic (exact) mass is 634 g/mol. The molecule has 3 saturated carbocycles. The molecule has 0 unspecified atom stereocenters. The lowest BCUT2D eigenvalue weighted by Crippen LogP contribution is -2.70. The van der Waals surface area contributed by atoms with Crippen molar-refractivity contribution in [2.24, 2.45) is 22.7 Å². The first-order valence-corrected chi connectivity index (χ1v) is 16.0. The quantitative estimate of drug-likeness (QED) is 0.281. The van der Waals surface area contributed by atoms with Crippen LogP contribution in [0, 0.1) is 39.9 Å². The van der Waals surface area contributed by atoms with Gasteiger partial charge in [-0.2, -0.15) is 14.8 Å². The van der Waals surface area contributed by atoms with Crippen LogP contribution in [0.1, 0.15) is 67.8 Å². The first kappa shape index (κ1) is 29.9. The highest BCUT2D eigenvalue weighted by Crippen LogP contribution is 2.71. The molecule has 234 valence electrons. The second-order valence-electron chi connectivity index (χ2n) is 13.1. The first-order valence-electron chi connectivity index (χ1n) is 15.1. The molecular formula is C33H32F2N4O5S. The third kappa shape index (κ3) is 4.06. The lowest BCUT2D eigenvalue weighted by molar-refractivity contribution is -0.222. The van der Waals surface area contributed by atoms with Gasteiger partial charge >= 0.3 is 5.97 Å². The number of alkyl halides is 1. The number of nitriles is 1. The number of carbonyl (C=O) groups excluding carboxylic acids is 2. The molecule has 3 aromatic rings. The number of halogens is 2. The molecule has 4 aliphatic carbocycles. The van der Waals surface area contributed by atoms with Crippen LogP contribution in [0.15, 0.2) is 52.9 Å². The van der Waals surface area contributed by atoms with Crippen molar-refractivity contribution in [2.75, 3.05) is 5.75 Å². The third-order valence-corrected chi connectivity index (χ3v) is 12.1. The highest BCUT2D eigenvalue weighted by molar-refractivity contribution is 8.14. The van der Waals surface area contributed by atoms with E-state index in [2.05, 4.69) is 10.1 Å². The summed E-state index contributed by atoms with van der Waals surface area (Å²) >= 11 is 0.780. The minimum Gasteiger partial charge on any atom is -0.457 e. The van der Waals surface area contributed by atoms with Gasteiger partial charge < -0.3 is 14.3 Å². The molecule has 0 bridgehead atoms.